The molecule has 0 aliphatic rings. The summed E-state index contributed by atoms with van der Waals surface area (Å²) in [5, 5.41) is 21.5. The van der Waals surface area contributed by atoms with Crippen molar-refractivity contribution in [2.24, 2.45) is 0 Å². The zero-order chi connectivity index (χ0) is 14.5. The summed E-state index contributed by atoms with van der Waals surface area (Å²) in [4.78, 5) is 11.9. The molecule has 104 valence electrons. The lowest BCUT2D eigenvalue weighted by atomic mass is 10.1. The summed E-state index contributed by atoms with van der Waals surface area (Å²) >= 11 is 0. The fourth-order valence-corrected chi connectivity index (χ4v) is 2.03. The molecule has 0 bridgehead atoms. The minimum atomic E-state index is -0.315. The van der Waals surface area contributed by atoms with E-state index in [-0.39, 0.29) is 23.0 Å². The molecular formula is C16H17NO3. The van der Waals surface area contributed by atoms with E-state index in [0.717, 1.165) is 6.42 Å². The monoisotopic (exact) mass is 271 g/mol. The van der Waals surface area contributed by atoms with E-state index in [4.69, 9.17) is 0 Å². The van der Waals surface area contributed by atoms with Crippen LogP contribution >= 0.6 is 0 Å². The van der Waals surface area contributed by atoms with Gasteiger partial charge < -0.3 is 15.5 Å². The van der Waals surface area contributed by atoms with Gasteiger partial charge in [0, 0.05) is 18.2 Å². The number of phenols is 2. The van der Waals surface area contributed by atoms with E-state index >= 15 is 0 Å². The second-order valence-electron chi connectivity index (χ2n) is 4.67. The van der Waals surface area contributed by atoms with Crippen LogP contribution in [0, 0.1) is 6.92 Å². The molecule has 0 aliphatic carbocycles. The number of hydrogen-bond acceptors (Lipinski definition) is 3. The molecule has 0 heterocycles. The summed E-state index contributed by atoms with van der Waals surface area (Å²) in [5.41, 5.74) is 2.62. The zero-order valence-corrected chi connectivity index (χ0v) is 11.3. The Balaban J connectivity index is 1.94. The lowest BCUT2D eigenvalue weighted by Gasteiger charge is -2.08. The first kappa shape index (κ1) is 13.9. The normalized spacial score (nSPS) is 10.2. The zero-order valence-electron chi connectivity index (χ0n) is 11.3. The third kappa shape index (κ3) is 3.51. The number of carbonyl (C=O) groups is 1. The van der Waals surface area contributed by atoms with E-state index in [1.54, 1.807) is 0 Å². The van der Waals surface area contributed by atoms with Gasteiger partial charge in [0.15, 0.2) is 0 Å². The van der Waals surface area contributed by atoms with Crippen LogP contribution in [0.15, 0.2) is 42.5 Å². The lowest BCUT2D eigenvalue weighted by Crippen LogP contribution is -2.25. The molecule has 0 aliphatic heterocycles. The topological polar surface area (TPSA) is 69.6 Å². The smallest absolute Gasteiger partial charge is 0.251 e. The van der Waals surface area contributed by atoms with Crippen LogP contribution < -0.4 is 5.32 Å². The molecule has 0 aromatic heterocycles. The molecule has 0 unspecified atom stereocenters. The van der Waals surface area contributed by atoms with Gasteiger partial charge in [0.2, 0.25) is 0 Å². The number of rotatable bonds is 4. The summed E-state index contributed by atoms with van der Waals surface area (Å²) in [6.45, 7) is 2.53. The maximum absolute atomic E-state index is 11.9. The number of aryl methyl sites for hydroxylation is 1. The van der Waals surface area contributed by atoms with Crippen molar-refractivity contribution in [2.75, 3.05) is 6.54 Å². The van der Waals surface area contributed by atoms with Gasteiger partial charge in [-0.3, -0.25) is 4.79 Å². The van der Waals surface area contributed by atoms with E-state index in [1.807, 2.05) is 31.2 Å². The Kier molecular flexibility index (Phi) is 4.25. The van der Waals surface area contributed by atoms with Crippen molar-refractivity contribution in [2.45, 2.75) is 13.3 Å². The number of nitrogens with one attached hydrogen (secondary N) is 1. The number of aromatic hydroxyl groups is 2. The predicted octanol–water partition coefficient (Wildman–Crippen LogP) is 2.38. The molecule has 2 aromatic rings. The van der Waals surface area contributed by atoms with Gasteiger partial charge in [-0.2, -0.15) is 0 Å². The van der Waals surface area contributed by atoms with Gasteiger partial charge in [0.25, 0.3) is 5.91 Å². The van der Waals surface area contributed by atoms with Crippen LogP contribution in [0.25, 0.3) is 0 Å². The van der Waals surface area contributed by atoms with Crippen LogP contribution in [0.1, 0.15) is 21.5 Å². The molecule has 0 fully saturated rings. The Hall–Kier alpha value is -2.49. The quantitative estimate of drug-likeness (QED) is 0.799. The predicted molar refractivity (Wildman–Crippen MR) is 77.0 cm³/mol. The number of hydrogen-bond donors (Lipinski definition) is 3. The second kappa shape index (κ2) is 6.10. The van der Waals surface area contributed by atoms with Crippen LogP contribution in [-0.4, -0.2) is 22.7 Å². The number of carbonyl (C=O) groups excluding carboxylic acids is 1. The number of benzene rings is 2. The molecule has 2 rings (SSSR count). The van der Waals surface area contributed by atoms with Crippen molar-refractivity contribution in [3.8, 4) is 11.5 Å². The van der Waals surface area contributed by atoms with E-state index in [0.29, 0.717) is 6.54 Å². The Morgan fingerprint density at radius 2 is 1.75 bits per heavy atom. The number of phenolic OH excluding ortho intramolecular Hbond substituents is 2. The molecule has 0 atom stereocenters. The van der Waals surface area contributed by atoms with Crippen molar-refractivity contribution in [3.63, 3.8) is 0 Å². The van der Waals surface area contributed by atoms with E-state index in [2.05, 4.69) is 5.32 Å². The van der Waals surface area contributed by atoms with Crippen LogP contribution in [0.3, 0.4) is 0 Å². The Morgan fingerprint density at radius 1 is 1.10 bits per heavy atom. The molecule has 4 heteroatoms. The van der Waals surface area contributed by atoms with E-state index in [1.165, 1.54) is 29.3 Å². The largest absolute Gasteiger partial charge is 0.508 e. The standard InChI is InChI=1S/C16H17NO3/c1-11-4-2-3-5-12(11)6-7-17-16(20)13-8-14(18)10-15(19)9-13/h2-5,8-10,18-19H,6-7H2,1H3,(H,17,20). The molecule has 4 nitrogen and oxygen atoms in total. The van der Waals surface area contributed by atoms with Crippen molar-refractivity contribution in [1.82, 2.24) is 5.32 Å². The summed E-state index contributed by atoms with van der Waals surface area (Å²) in [6, 6.07) is 11.8. The molecule has 3 N–H and O–H groups in total. The molecule has 20 heavy (non-hydrogen) atoms. The van der Waals surface area contributed by atoms with Crippen molar-refractivity contribution < 1.29 is 15.0 Å². The first-order valence-corrected chi connectivity index (χ1v) is 6.42. The molecule has 0 spiro atoms. The van der Waals surface area contributed by atoms with Gasteiger partial charge in [0.05, 0.1) is 0 Å². The van der Waals surface area contributed by atoms with Gasteiger partial charge >= 0.3 is 0 Å². The highest BCUT2D eigenvalue weighted by Gasteiger charge is 2.08. The third-order valence-electron chi connectivity index (χ3n) is 3.11. The maximum Gasteiger partial charge on any atom is 0.251 e. The third-order valence-corrected chi connectivity index (χ3v) is 3.11. The molecule has 0 saturated heterocycles. The number of amides is 1. The fourth-order valence-electron chi connectivity index (χ4n) is 2.03. The minimum absolute atomic E-state index is 0.131. The SMILES string of the molecule is Cc1ccccc1CCNC(=O)c1cc(O)cc(O)c1. The minimum Gasteiger partial charge on any atom is -0.508 e. The van der Waals surface area contributed by atoms with Crippen LogP contribution in [0.5, 0.6) is 11.5 Å². The molecule has 0 radical (unpaired) electrons. The first-order valence-electron chi connectivity index (χ1n) is 6.42. The highest BCUT2D eigenvalue weighted by Crippen LogP contribution is 2.20. The van der Waals surface area contributed by atoms with Gasteiger partial charge in [0.1, 0.15) is 11.5 Å². The summed E-state index contributed by atoms with van der Waals surface area (Å²) in [7, 11) is 0. The molecule has 0 saturated carbocycles. The van der Waals surface area contributed by atoms with Crippen molar-refractivity contribution in [3.05, 3.63) is 59.2 Å². The van der Waals surface area contributed by atoms with Crippen molar-refractivity contribution in [1.29, 1.82) is 0 Å². The van der Waals surface area contributed by atoms with Crippen LogP contribution in [0.4, 0.5) is 0 Å². The Morgan fingerprint density at radius 3 is 2.40 bits per heavy atom. The average molecular weight is 271 g/mol. The van der Waals surface area contributed by atoms with Gasteiger partial charge in [-0.05, 0) is 36.6 Å². The Bertz CT molecular complexity index is 603. The van der Waals surface area contributed by atoms with Gasteiger partial charge in [-0.1, -0.05) is 24.3 Å². The highest BCUT2D eigenvalue weighted by atomic mass is 16.3. The first-order chi connectivity index (χ1) is 9.56. The summed E-state index contributed by atoms with van der Waals surface area (Å²) in [5.74, 6) is -0.576. The average Bonchev–Trinajstić information content (AvgIpc) is 2.39. The second-order valence-corrected chi connectivity index (χ2v) is 4.67. The fraction of sp³-hybridized carbons (Fsp3) is 0.188. The summed E-state index contributed by atoms with van der Waals surface area (Å²) < 4.78 is 0. The molecule has 1 amide bonds. The van der Waals surface area contributed by atoms with E-state index in [9.17, 15) is 15.0 Å². The molecular weight excluding hydrogens is 254 g/mol. The lowest BCUT2D eigenvalue weighted by molar-refractivity contribution is 0.0953. The van der Waals surface area contributed by atoms with Crippen LogP contribution in [-0.2, 0) is 6.42 Å². The summed E-state index contributed by atoms with van der Waals surface area (Å²) in [6.07, 6.45) is 0.739. The molecule has 2 aromatic carbocycles. The maximum atomic E-state index is 11.9. The van der Waals surface area contributed by atoms with E-state index < -0.39 is 0 Å². The Labute approximate surface area is 117 Å². The van der Waals surface area contributed by atoms with Crippen LogP contribution in [0.2, 0.25) is 0 Å². The highest BCUT2D eigenvalue weighted by molar-refractivity contribution is 5.95. The van der Waals surface area contributed by atoms with Gasteiger partial charge in [-0.15, -0.1) is 0 Å². The van der Waals surface area contributed by atoms with Crippen molar-refractivity contribution >= 4 is 5.91 Å². The van der Waals surface area contributed by atoms with Gasteiger partial charge in [-0.25, -0.2) is 0 Å².